The summed E-state index contributed by atoms with van der Waals surface area (Å²) in [6.07, 6.45) is 1.73. The number of ether oxygens (including phenoxy) is 1. The van der Waals surface area contributed by atoms with Gasteiger partial charge in [-0.2, -0.15) is 0 Å². The van der Waals surface area contributed by atoms with Gasteiger partial charge in [-0.25, -0.2) is 4.79 Å². The van der Waals surface area contributed by atoms with Crippen LogP contribution in [0.15, 0.2) is 24.5 Å². The first-order valence-corrected chi connectivity index (χ1v) is 9.04. The molecule has 3 rings (SSSR count). The number of carbonyl (C=O) groups excluding carboxylic acids is 2. The van der Waals surface area contributed by atoms with E-state index in [4.69, 9.17) is 4.74 Å². The predicted molar refractivity (Wildman–Crippen MR) is 99.3 cm³/mol. The molecular weight excluding hydrogens is 348 g/mol. The topological polar surface area (TPSA) is 110 Å². The predicted octanol–water partition coefficient (Wildman–Crippen LogP) is 1.97. The Kier molecular flexibility index (Phi) is 5.58. The van der Waals surface area contributed by atoms with Crippen LogP contribution in [0.5, 0.6) is 5.75 Å². The van der Waals surface area contributed by atoms with Crippen LogP contribution in [0.2, 0.25) is 0 Å². The summed E-state index contributed by atoms with van der Waals surface area (Å²) in [6, 6.07) is 4.95. The number of urea groups is 1. The molecule has 1 aromatic heterocycles. The van der Waals surface area contributed by atoms with Crippen molar-refractivity contribution in [3.63, 3.8) is 0 Å². The number of aromatic nitrogens is 3. The van der Waals surface area contributed by atoms with Crippen LogP contribution in [0.3, 0.4) is 0 Å². The van der Waals surface area contributed by atoms with E-state index in [2.05, 4.69) is 26.1 Å². The van der Waals surface area contributed by atoms with Crippen molar-refractivity contribution in [2.75, 3.05) is 5.32 Å². The van der Waals surface area contributed by atoms with Crippen molar-refractivity contribution in [2.45, 2.75) is 52.4 Å². The molecule has 9 heteroatoms. The van der Waals surface area contributed by atoms with Crippen molar-refractivity contribution in [3.8, 4) is 5.75 Å². The van der Waals surface area contributed by atoms with E-state index >= 15 is 0 Å². The third-order valence-corrected chi connectivity index (χ3v) is 4.49. The Morgan fingerprint density at radius 2 is 2.22 bits per heavy atom. The number of anilines is 1. The average Bonchev–Trinajstić information content (AvgIpc) is 3.13. The number of carbonyl (C=O) groups is 2. The first kappa shape index (κ1) is 18.7. The highest BCUT2D eigenvalue weighted by molar-refractivity contribution is 5.97. The Morgan fingerprint density at radius 3 is 2.96 bits per heavy atom. The molecule has 3 N–H and O–H groups in total. The molecule has 27 heavy (non-hydrogen) atoms. The van der Waals surface area contributed by atoms with Crippen molar-refractivity contribution >= 4 is 17.6 Å². The van der Waals surface area contributed by atoms with E-state index in [-0.39, 0.29) is 18.0 Å². The second-order valence-electron chi connectivity index (χ2n) is 6.34. The van der Waals surface area contributed by atoms with Crippen LogP contribution in [0.1, 0.15) is 44.6 Å². The first-order chi connectivity index (χ1) is 13.0. The minimum Gasteiger partial charge on any atom is -0.478 e. The fourth-order valence-corrected chi connectivity index (χ4v) is 2.87. The van der Waals surface area contributed by atoms with Crippen molar-refractivity contribution in [1.82, 2.24) is 25.4 Å². The zero-order chi connectivity index (χ0) is 19.4. The van der Waals surface area contributed by atoms with Crippen LogP contribution < -0.4 is 20.7 Å². The van der Waals surface area contributed by atoms with E-state index < -0.39 is 6.10 Å². The lowest BCUT2D eigenvalue weighted by Gasteiger charge is -2.26. The Hall–Kier alpha value is -3.10. The molecule has 0 radical (unpaired) electrons. The molecule has 9 nitrogen and oxygen atoms in total. The lowest BCUT2D eigenvalue weighted by Crippen LogP contribution is -2.38. The van der Waals surface area contributed by atoms with E-state index in [0.29, 0.717) is 30.2 Å². The third kappa shape index (κ3) is 4.18. The highest BCUT2D eigenvalue weighted by Crippen LogP contribution is 2.32. The molecule has 0 saturated carbocycles. The average molecular weight is 372 g/mol. The summed E-state index contributed by atoms with van der Waals surface area (Å²) in [4.78, 5) is 24.0. The molecule has 0 unspecified atom stereocenters. The monoisotopic (exact) mass is 372 g/mol. The first-order valence-electron chi connectivity index (χ1n) is 9.04. The Bertz CT molecular complexity index is 834. The van der Waals surface area contributed by atoms with Gasteiger partial charge in [0.1, 0.15) is 12.1 Å². The summed E-state index contributed by atoms with van der Waals surface area (Å²) < 4.78 is 7.62. The van der Waals surface area contributed by atoms with Crippen molar-refractivity contribution in [1.29, 1.82) is 0 Å². The summed E-state index contributed by atoms with van der Waals surface area (Å²) in [5.41, 5.74) is 1.52. The largest absolute Gasteiger partial charge is 0.478 e. The molecule has 1 aromatic carbocycles. The number of amides is 3. The number of fused-ring (bicyclic) bond motifs is 1. The van der Waals surface area contributed by atoms with Crippen LogP contribution in [0.4, 0.5) is 10.5 Å². The standard InChI is InChI=1S/C18H24N6O3/c1-4-14-17(25)22-13-7-6-12(8-15(13)27-14)11(3)21-18(26)19-9-16-23-20-10-24(16)5-2/h6-8,10-11,14H,4-5,9H2,1-3H3,(H,22,25)(H2,19,21,26)/t11-,14+/m0/s1. The van der Waals surface area contributed by atoms with Gasteiger partial charge >= 0.3 is 6.03 Å². The molecule has 0 fully saturated rings. The van der Waals surface area contributed by atoms with Crippen LogP contribution in [-0.2, 0) is 17.9 Å². The van der Waals surface area contributed by atoms with E-state index in [0.717, 1.165) is 12.1 Å². The van der Waals surface area contributed by atoms with Gasteiger partial charge in [0.05, 0.1) is 18.3 Å². The van der Waals surface area contributed by atoms with Crippen molar-refractivity contribution in [2.24, 2.45) is 0 Å². The summed E-state index contributed by atoms with van der Waals surface area (Å²) in [6.45, 7) is 6.80. The van der Waals surface area contributed by atoms with Gasteiger partial charge in [0.25, 0.3) is 5.91 Å². The van der Waals surface area contributed by atoms with Gasteiger partial charge < -0.3 is 25.3 Å². The summed E-state index contributed by atoms with van der Waals surface area (Å²) >= 11 is 0. The van der Waals surface area contributed by atoms with Gasteiger partial charge in [0.2, 0.25) is 0 Å². The number of rotatable bonds is 6. The van der Waals surface area contributed by atoms with Crippen molar-refractivity contribution in [3.05, 3.63) is 35.9 Å². The molecule has 1 aliphatic rings. The minimum absolute atomic E-state index is 0.136. The number of nitrogens with zero attached hydrogens (tertiary/aromatic N) is 3. The summed E-state index contributed by atoms with van der Waals surface area (Å²) in [7, 11) is 0. The molecule has 2 heterocycles. The van der Waals surface area contributed by atoms with E-state index in [1.54, 1.807) is 12.4 Å². The smallest absolute Gasteiger partial charge is 0.315 e. The fourth-order valence-electron chi connectivity index (χ4n) is 2.87. The molecular formula is C18H24N6O3. The zero-order valence-electron chi connectivity index (χ0n) is 15.7. The van der Waals surface area contributed by atoms with Gasteiger partial charge in [-0.3, -0.25) is 4.79 Å². The molecule has 0 saturated heterocycles. The molecule has 3 amide bonds. The lowest BCUT2D eigenvalue weighted by atomic mass is 10.1. The Labute approximate surface area is 157 Å². The maximum atomic E-state index is 12.2. The molecule has 0 bridgehead atoms. The maximum Gasteiger partial charge on any atom is 0.315 e. The van der Waals surface area contributed by atoms with E-state index in [1.807, 2.05) is 37.5 Å². The number of hydrogen-bond donors (Lipinski definition) is 3. The normalized spacial score (nSPS) is 16.7. The molecule has 2 aromatic rings. The van der Waals surface area contributed by atoms with Crippen LogP contribution >= 0.6 is 0 Å². The molecule has 0 spiro atoms. The van der Waals surface area contributed by atoms with Gasteiger partial charge in [0, 0.05) is 6.54 Å². The zero-order valence-corrected chi connectivity index (χ0v) is 15.7. The minimum atomic E-state index is -0.491. The maximum absolute atomic E-state index is 12.2. The summed E-state index contributed by atoms with van der Waals surface area (Å²) in [5.74, 6) is 1.18. The van der Waals surface area contributed by atoms with Gasteiger partial charge in [-0.1, -0.05) is 13.0 Å². The third-order valence-electron chi connectivity index (χ3n) is 4.49. The van der Waals surface area contributed by atoms with Crippen molar-refractivity contribution < 1.29 is 14.3 Å². The number of aryl methyl sites for hydroxylation is 1. The molecule has 144 valence electrons. The fraction of sp³-hybridized carbons (Fsp3) is 0.444. The Morgan fingerprint density at radius 1 is 1.41 bits per heavy atom. The van der Waals surface area contributed by atoms with Crippen LogP contribution in [0, 0.1) is 0 Å². The number of benzene rings is 1. The number of nitrogens with one attached hydrogen (secondary N) is 3. The SMILES string of the molecule is CC[C@H]1Oc2cc([C@H](C)NC(=O)NCc3nncn3CC)ccc2NC1=O. The second kappa shape index (κ2) is 8.07. The highest BCUT2D eigenvalue weighted by atomic mass is 16.5. The second-order valence-corrected chi connectivity index (χ2v) is 6.34. The lowest BCUT2D eigenvalue weighted by molar-refractivity contribution is -0.123. The Balaban J connectivity index is 1.60. The quantitative estimate of drug-likeness (QED) is 0.718. The molecule has 1 aliphatic heterocycles. The molecule has 2 atom stereocenters. The van der Waals surface area contributed by atoms with Gasteiger partial charge in [-0.05, 0) is 38.0 Å². The summed E-state index contributed by atoms with van der Waals surface area (Å²) in [5, 5.41) is 16.3. The highest BCUT2D eigenvalue weighted by Gasteiger charge is 2.26. The van der Waals surface area contributed by atoms with Gasteiger partial charge in [0.15, 0.2) is 11.9 Å². The van der Waals surface area contributed by atoms with Crippen LogP contribution in [-0.4, -0.2) is 32.8 Å². The van der Waals surface area contributed by atoms with Crippen LogP contribution in [0.25, 0.3) is 0 Å². The van der Waals surface area contributed by atoms with Gasteiger partial charge in [-0.15, -0.1) is 10.2 Å². The van der Waals surface area contributed by atoms with E-state index in [9.17, 15) is 9.59 Å². The van der Waals surface area contributed by atoms with E-state index in [1.165, 1.54) is 0 Å². The molecule has 0 aliphatic carbocycles. The number of hydrogen-bond acceptors (Lipinski definition) is 5.